The van der Waals surface area contributed by atoms with Crippen LogP contribution < -0.4 is 4.74 Å². The summed E-state index contributed by atoms with van der Waals surface area (Å²) in [5.41, 5.74) is 0.550. The molecule has 2 bridgehead atoms. The van der Waals surface area contributed by atoms with Gasteiger partial charge in [0.05, 0.1) is 31.4 Å². The fourth-order valence-corrected chi connectivity index (χ4v) is 4.68. The normalized spacial score (nSPS) is 30.7. The van der Waals surface area contributed by atoms with E-state index in [0.717, 1.165) is 6.42 Å². The van der Waals surface area contributed by atoms with Crippen LogP contribution in [0.4, 0.5) is 0 Å². The van der Waals surface area contributed by atoms with E-state index in [1.54, 1.807) is 24.3 Å². The van der Waals surface area contributed by atoms with Gasteiger partial charge >= 0.3 is 5.97 Å². The molecule has 5 atom stereocenters. The lowest BCUT2D eigenvalue weighted by molar-refractivity contribution is -0.146. The van der Waals surface area contributed by atoms with E-state index in [4.69, 9.17) is 4.74 Å². The molecule has 2 fully saturated rings. The highest BCUT2D eigenvalue weighted by molar-refractivity contribution is 6.07. The predicted octanol–water partition coefficient (Wildman–Crippen LogP) is 2.02. The minimum atomic E-state index is -1.06. The third kappa shape index (κ3) is 2.27. The number of carboxylic acids is 1. The summed E-state index contributed by atoms with van der Waals surface area (Å²) in [7, 11) is 1.49. The fraction of sp³-hybridized carbons (Fsp3) is 0.421. The Morgan fingerprint density at radius 1 is 1.20 bits per heavy atom. The Bertz CT molecular complexity index is 756. The second-order valence-corrected chi connectivity index (χ2v) is 6.90. The van der Waals surface area contributed by atoms with Gasteiger partial charge in [0.2, 0.25) is 11.8 Å². The van der Waals surface area contributed by atoms with E-state index in [9.17, 15) is 19.5 Å². The zero-order chi connectivity index (χ0) is 17.7. The van der Waals surface area contributed by atoms with E-state index in [1.165, 1.54) is 12.0 Å². The van der Waals surface area contributed by atoms with E-state index in [-0.39, 0.29) is 41.9 Å². The third-order valence-corrected chi connectivity index (χ3v) is 5.68. The Labute approximate surface area is 145 Å². The second-order valence-electron chi connectivity index (χ2n) is 6.90. The molecule has 1 aliphatic heterocycles. The highest BCUT2D eigenvalue weighted by Gasteiger charge is 2.60. The number of allylic oxidation sites excluding steroid dienone is 2. The molecule has 6 nitrogen and oxygen atoms in total. The Morgan fingerprint density at radius 2 is 1.80 bits per heavy atom. The summed E-state index contributed by atoms with van der Waals surface area (Å²) < 4.78 is 5.33. The number of hydrogen-bond acceptors (Lipinski definition) is 4. The average Bonchev–Trinajstić information content (AvgIpc) is 3.27. The Morgan fingerprint density at radius 3 is 2.36 bits per heavy atom. The first-order valence-corrected chi connectivity index (χ1v) is 8.43. The number of fused-ring (bicyclic) bond motifs is 5. The molecule has 1 saturated carbocycles. The number of nitrogens with zero attached hydrogens (tertiary/aromatic N) is 1. The zero-order valence-corrected chi connectivity index (χ0v) is 13.8. The number of hydrogen-bond donors (Lipinski definition) is 1. The summed E-state index contributed by atoms with van der Waals surface area (Å²) in [5.74, 6) is -1.56. The average molecular weight is 341 g/mol. The first kappa shape index (κ1) is 15.9. The SMILES string of the molecule is COc1ccccc1C(CC(=O)O)N1C(=O)C2C3C=CC(C3)C2C1=O. The van der Waals surface area contributed by atoms with Crippen molar-refractivity contribution in [2.75, 3.05) is 7.11 Å². The monoisotopic (exact) mass is 341 g/mol. The van der Waals surface area contributed by atoms with Crippen molar-refractivity contribution in [3.05, 3.63) is 42.0 Å². The molecular weight excluding hydrogens is 322 g/mol. The van der Waals surface area contributed by atoms with Gasteiger partial charge in [0.1, 0.15) is 5.75 Å². The van der Waals surface area contributed by atoms with Gasteiger partial charge in [-0.05, 0) is 24.3 Å². The maximum Gasteiger partial charge on any atom is 0.305 e. The standard InChI is InChI=1S/C19H19NO5/c1-25-14-5-3-2-4-12(14)13(9-15(21)22)20-18(23)16-10-6-7-11(8-10)17(16)19(20)24/h2-7,10-11,13,16-17H,8-9H2,1H3,(H,21,22). The summed E-state index contributed by atoms with van der Waals surface area (Å²) in [4.78, 5) is 38.7. The molecule has 2 amide bonds. The van der Waals surface area contributed by atoms with E-state index < -0.39 is 12.0 Å². The number of benzene rings is 1. The maximum absolute atomic E-state index is 13.0. The Balaban J connectivity index is 1.75. The molecule has 1 heterocycles. The molecule has 1 N–H and O–H groups in total. The van der Waals surface area contributed by atoms with Gasteiger partial charge in [0, 0.05) is 5.56 Å². The molecule has 25 heavy (non-hydrogen) atoms. The van der Waals surface area contributed by atoms with E-state index >= 15 is 0 Å². The zero-order valence-electron chi connectivity index (χ0n) is 13.8. The summed E-state index contributed by atoms with van der Waals surface area (Å²) >= 11 is 0. The smallest absolute Gasteiger partial charge is 0.305 e. The number of aliphatic carboxylic acids is 1. The molecule has 5 unspecified atom stereocenters. The van der Waals surface area contributed by atoms with Crippen molar-refractivity contribution in [2.24, 2.45) is 23.7 Å². The van der Waals surface area contributed by atoms with Crippen molar-refractivity contribution >= 4 is 17.8 Å². The van der Waals surface area contributed by atoms with Crippen LogP contribution in [-0.2, 0) is 14.4 Å². The first-order chi connectivity index (χ1) is 12.0. The third-order valence-electron chi connectivity index (χ3n) is 5.68. The largest absolute Gasteiger partial charge is 0.496 e. The van der Waals surface area contributed by atoms with Crippen molar-refractivity contribution in [1.82, 2.24) is 4.90 Å². The van der Waals surface area contributed by atoms with Crippen molar-refractivity contribution in [3.63, 3.8) is 0 Å². The highest BCUT2D eigenvalue weighted by atomic mass is 16.5. The van der Waals surface area contributed by atoms with Gasteiger partial charge in [0.25, 0.3) is 0 Å². The summed E-state index contributed by atoms with van der Waals surface area (Å²) in [5, 5.41) is 9.36. The molecule has 1 saturated heterocycles. The van der Waals surface area contributed by atoms with Crippen LogP contribution in [0.5, 0.6) is 5.75 Å². The predicted molar refractivity (Wildman–Crippen MR) is 87.6 cm³/mol. The Kier molecular flexibility index (Phi) is 3.63. The van der Waals surface area contributed by atoms with Gasteiger partial charge in [-0.2, -0.15) is 0 Å². The van der Waals surface area contributed by atoms with Gasteiger partial charge in [-0.25, -0.2) is 0 Å². The van der Waals surface area contributed by atoms with Gasteiger partial charge in [-0.1, -0.05) is 30.4 Å². The summed E-state index contributed by atoms with van der Waals surface area (Å²) in [6, 6.07) is 6.10. The van der Waals surface area contributed by atoms with Crippen LogP contribution in [0.15, 0.2) is 36.4 Å². The topological polar surface area (TPSA) is 83.9 Å². The molecule has 0 radical (unpaired) electrons. The number of carbonyl (C=O) groups is 3. The molecule has 6 heteroatoms. The van der Waals surface area contributed by atoms with Crippen LogP contribution in [0.3, 0.4) is 0 Å². The molecule has 2 aliphatic carbocycles. The number of methoxy groups -OCH3 is 1. The van der Waals surface area contributed by atoms with Crippen LogP contribution in [0, 0.1) is 23.7 Å². The van der Waals surface area contributed by atoms with E-state index in [1.807, 2.05) is 12.2 Å². The first-order valence-electron chi connectivity index (χ1n) is 8.43. The number of para-hydroxylation sites is 1. The van der Waals surface area contributed by atoms with Crippen molar-refractivity contribution in [2.45, 2.75) is 18.9 Å². The Hall–Kier alpha value is -2.63. The van der Waals surface area contributed by atoms with Gasteiger partial charge in [-0.3, -0.25) is 19.3 Å². The lowest BCUT2D eigenvalue weighted by atomic mass is 9.85. The molecule has 3 aliphatic rings. The van der Waals surface area contributed by atoms with Crippen molar-refractivity contribution in [3.8, 4) is 5.75 Å². The number of likely N-dealkylation sites (tertiary alicyclic amines) is 1. The van der Waals surface area contributed by atoms with Crippen LogP contribution >= 0.6 is 0 Å². The number of carboxylic acid groups (broad SMARTS) is 1. The number of carbonyl (C=O) groups excluding carboxylic acids is 2. The van der Waals surface area contributed by atoms with E-state index in [2.05, 4.69) is 0 Å². The van der Waals surface area contributed by atoms with Crippen LogP contribution in [0.2, 0.25) is 0 Å². The molecule has 1 aromatic carbocycles. The van der Waals surface area contributed by atoms with E-state index in [0.29, 0.717) is 11.3 Å². The lowest BCUT2D eigenvalue weighted by Crippen LogP contribution is -2.37. The van der Waals surface area contributed by atoms with Crippen LogP contribution in [0.1, 0.15) is 24.4 Å². The summed E-state index contributed by atoms with van der Waals surface area (Å²) in [6.07, 6.45) is 4.56. The van der Waals surface area contributed by atoms with Gasteiger partial charge in [-0.15, -0.1) is 0 Å². The number of rotatable bonds is 5. The highest BCUT2D eigenvalue weighted by Crippen LogP contribution is 2.54. The lowest BCUT2D eigenvalue weighted by Gasteiger charge is -2.28. The van der Waals surface area contributed by atoms with Gasteiger partial charge < -0.3 is 9.84 Å². The number of ether oxygens (including phenoxy) is 1. The quantitative estimate of drug-likeness (QED) is 0.654. The molecular formula is C19H19NO5. The minimum absolute atomic E-state index is 0.0968. The number of amides is 2. The molecule has 0 aromatic heterocycles. The molecule has 1 aromatic rings. The molecule has 0 spiro atoms. The van der Waals surface area contributed by atoms with Crippen molar-refractivity contribution < 1.29 is 24.2 Å². The fourth-order valence-electron chi connectivity index (χ4n) is 4.68. The van der Waals surface area contributed by atoms with Crippen LogP contribution in [0.25, 0.3) is 0 Å². The van der Waals surface area contributed by atoms with Crippen LogP contribution in [-0.4, -0.2) is 34.9 Å². The second kappa shape index (κ2) is 5.72. The molecule has 130 valence electrons. The number of imide groups is 1. The van der Waals surface area contributed by atoms with Gasteiger partial charge in [0.15, 0.2) is 0 Å². The van der Waals surface area contributed by atoms with Crippen molar-refractivity contribution in [1.29, 1.82) is 0 Å². The summed E-state index contributed by atoms with van der Waals surface area (Å²) in [6.45, 7) is 0. The molecule has 4 rings (SSSR count). The maximum atomic E-state index is 13.0. The minimum Gasteiger partial charge on any atom is -0.496 e.